The molecule has 0 radical (unpaired) electrons. The van der Waals surface area contributed by atoms with Gasteiger partial charge in [-0.25, -0.2) is 0 Å². The third-order valence-corrected chi connectivity index (χ3v) is 3.95. The Bertz CT molecular complexity index is 570. The lowest BCUT2D eigenvalue weighted by Crippen LogP contribution is -2.28. The number of pyridine rings is 1. The molecule has 1 aromatic carbocycles. The molecule has 1 aliphatic carbocycles. The molecule has 0 saturated heterocycles. The van der Waals surface area contributed by atoms with Gasteiger partial charge < -0.3 is 10.1 Å². The largest absolute Gasteiger partial charge is 0.490 e. The third kappa shape index (κ3) is 3.10. The highest BCUT2D eigenvalue weighted by Crippen LogP contribution is 2.26. The Labute approximate surface area is 120 Å². The average Bonchev–Trinajstić information content (AvgIpc) is 2.92. The Kier molecular flexibility index (Phi) is 4.16. The maximum Gasteiger partial charge on any atom is 0.121 e. The molecule has 0 bridgehead atoms. The first-order valence-electron chi connectivity index (χ1n) is 7.60. The molecule has 2 atom stereocenters. The standard InChI is InChI=1S/C17H22N2O/c1-2-9-18-14-6-8-15(11-14)20-16-7-5-13-4-3-10-19-17(13)12-16/h3-5,7,10,12,14-15,18H,2,6,8-9,11H2,1H3. The highest BCUT2D eigenvalue weighted by molar-refractivity contribution is 5.79. The number of nitrogens with one attached hydrogen (secondary N) is 1. The number of hydrogen-bond acceptors (Lipinski definition) is 3. The van der Waals surface area contributed by atoms with Gasteiger partial charge in [0.05, 0.1) is 5.52 Å². The number of ether oxygens (including phenoxy) is 1. The first-order chi connectivity index (χ1) is 9.85. The van der Waals surface area contributed by atoms with Gasteiger partial charge in [-0.05, 0) is 50.4 Å². The van der Waals surface area contributed by atoms with Crippen LogP contribution in [0, 0.1) is 0 Å². The second-order valence-electron chi connectivity index (χ2n) is 5.56. The molecule has 2 unspecified atom stereocenters. The topological polar surface area (TPSA) is 34.1 Å². The predicted molar refractivity (Wildman–Crippen MR) is 82.1 cm³/mol. The Morgan fingerprint density at radius 3 is 3.15 bits per heavy atom. The fourth-order valence-corrected chi connectivity index (χ4v) is 2.89. The van der Waals surface area contributed by atoms with Crippen molar-refractivity contribution in [3.63, 3.8) is 0 Å². The fourth-order valence-electron chi connectivity index (χ4n) is 2.89. The summed E-state index contributed by atoms with van der Waals surface area (Å²) in [6, 6.07) is 10.8. The number of nitrogens with zero attached hydrogens (tertiary/aromatic N) is 1. The van der Waals surface area contributed by atoms with Crippen LogP contribution < -0.4 is 10.1 Å². The van der Waals surface area contributed by atoms with Crippen LogP contribution in [-0.2, 0) is 0 Å². The van der Waals surface area contributed by atoms with Crippen molar-refractivity contribution in [1.29, 1.82) is 0 Å². The van der Waals surface area contributed by atoms with Gasteiger partial charge in [-0.1, -0.05) is 13.0 Å². The van der Waals surface area contributed by atoms with Gasteiger partial charge >= 0.3 is 0 Å². The molecule has 0 aliphatic heterocycles. The summed E-state index contributed by atoms with van der Waals surface area (Å²) in [4.78, 5) is 4.38. The Hall–Kier alpha value is -1.61. The van der Waals surface area contributed by atoms with E-state index >= 15 is 0 Å². The van der Waals surface area contributed by atoms with Gasteiger partial charge in [0.1, 0.15) is 11.9 Å². The van der Waals surface area contributed by atoms with Gasteiger partial charge in [0.2, 0.25) is 0 Å². The first kappa shape index (κ1) is 13.4. The molecule has 1 aliphatic rings. The van der Waals surface area contributed by atoms with Crippen LogP contribution in [0.2, 0.25) is 0 Å². The van der Waals surface area contributed by atoms with Crippen LogP contribution in [0.15, 0.2) is 36.5 Å². The quantitative estimate of drug-likeness (QED) is 0.902. The van der Waals surface area contributed by atoms with Crippen molar-refractivity contribution in [3.05, 3.63) is 36.5 Å². The monoisotopic (exact) mass is 270 g/mol. The molecule has 1 N–H and O–H groups in total. The molecule has 3 rings (SSSR count). The minimum absolute atomic E-state index is 0.338. The number of fused-ring (bicyclic) bond motifs is 1. The number of aromatic nitrogens is 1. The molecular weight excluding hydrogens is 248 g/mol. The summed E-state index contributed by atoms with van der Waals surface area (Å²) in [7, 11) is 0. The minimum Gasteiger partial charge on any atom is -0.490 e. The molecule has 0 amide bonds. The van der Waals surface area contributed by atoms with Crippen LogP contribution in [0.5, 0.6) is 5.75 Å². The van der Waals surface area contributed by atoms with E-state index in [1.807, 2.05) is 18.3 Å². The molecule has 1 fully saturated rings. The molecule has 106 valence electrons. The van der Waals surface area contributed by atoms with E-state index < -0.39 is 0 Å². The van der Waals surface area contributed by atoms with Crippen molar-refractivity contribution in [2.24, 2.45) is 0 Å². The predicted octanol–water partition coefficient (Wildman–Crippen LogP) is 3.53. The molecule has 3 nitrogen and oxygen atoms in total. The van der Waals surface area contributed by atoms with Crippen molar-refractivity contribution in [1.82, 2.24) is 10.3 Å². The highest BCUT2D eigenvalue weighted by atomic mass is 16.5. The van der Waals surface area contributed by atoms with Gasteiger partial charge in [0.25, 0.3) is 0 Å². The second-order valence-corrected chi connectivity index (χ2v) is 5.56. The van der Waals surface area contributed by atoms with E-state index in [4.69, 9.17) is 4.74 Å². The third-order valence-electron chi connectivity index (χ3n) is 3.95. The second kappa shape index (κ2) is 6.23. The first-order valence-corrected chi connectivity index (χ1v) is 7.60. The number of benzene rings is 1. The molecule has 1 saturated carbocycles. The summed E-state index contributed by atoms with van der Waals surface area (Å²) in [5.74, 6) is 0.942. The van der Waals surface area contributed by atoms with Gasteiger partial charge in [-0.3, -0.25) is 4.98 Å². The van der Waals surface area contributed by atoms with Crippen molar-refractivity contribution in [3.8, 4) is 5.75 Å². The van der Waals surface area contributed by atoms with E-state index in [2.05, 4.69) is 35.4 Å². The fraction of sp³-hybridized carbons (Fsp3) is 0.471. The lowest BCUT2D eigenvalue weighted by Gasteiger charge is -2.15. The molecule has 3 heteroatoms. The summed E-state index contributed by atoms with van der Waals surface area (Å²) in [6.45, 7) is 3.31. The molecular formula is C17H22N2O. The summed E-state index contributed by atoms with van der Waals surface area (Å²) in [5.41, 5.74) is 1.00. The average molecular weight is 270 g/mol. The minimum atomic E-state index is 0.338. The van der Waals surface area contributed by atoms with Gasteiger partial charge in [0.15, 0.2) is 0 Å². The highest BCUT2D eigenvalue weighted by Gasteiger charge is 2.25. The van der Waals surface area contributed by atoms with Crippen LogP contribution in [0.3, 0.4) is 0 Å². The van der Waals surface area contributed by atoms with E-state index in [1.165, 1.54) is 12.8 Å². The van der Waals surface area contributed by atoms with Crippen LogP contribution in [0.4, 0.5) is 0 Å². The van der Waals surface area contributed by atoms with Gasteiger partial charge in [-0.15, -0.1) is 0 Å². The van der Waals surface area contributed by atoms with Crippen molar-refractivity contribution >= 4 is 10.9 Å². The summed E-state index contributed by atoms with van der Waals surface area (Å²) in [5, 5.41) is 4.75. The summed E-state index contributed by atoms with van der Waals surface area (Å²) < 4.78 is 6.11. The zero-order valence-corrected chi connectivity index (χ0v) is 12.0. The van der Waals surface area contributed by atoms with E-state index in [-0.39, 0.29) is 0 Å². The molecule has 0 spiro atoms. The maximum atomic E-state index is 6.11. The molecule has 1 heterocycles. The molecule has 20 heavy (non-hydrogen) atoms. The SMILES string of the molecule is CCCNC1CCC(Oc2ccc3cccnc3c2)C1. The van der Waals surface area contributed by atoms with Gasteiger partial charge in [-0.2, -0.15) is 0 Å². The van der Waals surface area contributed by atoms with Crippen LogP contribution in [-0.4, -0.2) is 23.7 Å². The van der Waals surface area contributed by atoms with E-state index in [0.29, 0.717) is 12.1 Å². The van der Waals surface area contributed by atoms with Crippen LogP contribution in [0.25, 0.3) is 10.9 Å². The lowest BCUT2D eigenvalue weighted by atomic mass is 10.2. The van der Waals surface area contributed by atoms with Gasteiger partial charge in [0, 0.05) is 23.7 Å². The van der Waals surface area contributed by atoms with E-state index in [0.717, 1.165) is 36.0 Å². The summed E-state index contributed by atoms with van der Waals surface area (Å²) >= 11 is 0. The maximum absolute atomic E-state index is 6.11. The van der Waals surface area contributed by atoms with E-state index in [1.54, 1.807) is 0 Å². The summed E-state index contributed by atoms with van der Waals surface area (Å²) in [6.07, 6.45) is 6.83. The Morgan fingerprint density at radius 2 is 2.25 bits per heavy atom. The van der Waals surface area contributed by atoms with Crippen LogP contribution in [0.1, 0.15) is 32.6 Å². The van der Waals surface area contributed by atoms with Crippen molar-refractivity contribution < 1.29 is 4.74 Å². The smallest absolute Gasteiger partial charge is 0.121 e. The zero-order valence-electron chi connectivity index (χ0n) is 12.0. The lowest BCUT2D eigenvalue weighted by molar-refractivity contribution is 0.206. The normalized spacial score (nSPS) is 22.2. The van der Waals surface area contributed by atoms with E-state index in [9.17, 15) is 0 Å². The van der Waals surface area contributed by atoms with Crippen molar-refractivity contribution in [2.45, 2.75) is 44.8 Å². The molecule has 1 aromatic heterocycles. The zero-order chi connectivity index (χ0) is 13.8. The van der Waals surface area contributed by atoms with Crippen LogP contribution >= 0.6 is 0 Å². The Balaban J connectivity index is 1.62. The number of hydrogen-bond donors (Lipinski definition) is 1. The Morgan fingerprint density at radius 1 is 1.30 bits per heavy atom. The number of rotatable bonds is 5. The van der Waals surface area contributed by atoms with Crippen molar-refractivity contribution in [2.75, 3.05) is 6.54 Å². The molecule has 2 aromatic rings.